The molecule has 0 bridgehead atoms. The summed E-state index contributed by atoms with van der Waals surface area (Å²) in [6.45, 7) is 4.23. The molecule has 1 heterocycles. The van der Waals surface area contributed by atoms with Crippen LogP contribution in [0.1, 0.15) is 30.6 Å². The van der Waals surface area contributed by atoms with Crippen LogP contribution in [0.3, 0.4) is 0 Å². The van der Waals surface area contributed by atoms with Crippen LogP contribution in [0.2, 0.25) is 5.02 Å². The van der Waals surface area contributed by atoms with Crippen LogP contribution in [0.15, 0.2) is 30.5 Å². The van der Waals surface area contributed by atoms with Crippen LogP contribution in [-0.2, 0) is 0 Å². The first kappa shape index (κ1) is 16.5. The fourth-order valence-electron chi connectivity index (χ4n) is 2.35. The zero-order valence-electron chi connectivity index (χ0n) is 12.6. The summed E-state index contributed by atoms with van der Waals surface area (Å²) in [5, 5.41) is 19.6. The van der Waals surface area contributed by atoms with Gasteiger partial charge in [0.1, 0.15) is 0 Å². The first-order valence-electron chi connectivity index (χ1n) is 7.23. The first-order valence-corrected chi connectivity index (χ1v) is 7.60. The highest BCUT2D eigenvalue weighted by molar-refractivity contribution is 6.30. The number of halogens is 1. The standard InChI is InChI=1S/C16H20ClN3O2/c1-10(6-11(2)21)8-18-16(22)14-9-19-20-15(14)12-4-3-5-13(17)7-12/h3-5,7,9-11,21H,6,8H2,1-2H3,(H,18,22)(H,19,20). The predicted molar refractivity (Wildman–Crippen MR) is 86.8 cm³/mol. The smallest absolute Gasteiger partial charge is 0.255 e. The van der Waals surface area contributed by atoms with Gasteiger partial charge in [0.15, 0.2) is 0 Å². The fourth-order valence-corrected chi connectivity index (χ4v) is 2.54. The molecule has 2 atom stereocenters. The van der Waals surface area contributed by atoms with E-state index in [4.69, 9.17) is 11.6 Å². The van der Waals surface area contributed by atoms with Crippen molar-refractivity contribution in [3.05, 3.63) is 41.0 Å². The summed E-state index contributed by atoms with van der Waals surface area (Å²) < 4.78 is 0. The van der Waals surface area contributed by atoms with E-state index >= 15 is 0 Å². The number of hydrogen-bond donors (Lipinski definition) is 3. The van der Waals surface area contributed by atoms with Gasteiger partial charge in [0, 0.05) is 17.1 Å². The van der Waals surface area contributed by atoms with E-state index in [1.165, 1.54) is 6.20 Å². The van der Waals surface area contributed by atoms with Gasteiger partial charge >= 0.3 is 0 Å². The Hall–Kier alpha value is -1.85. The summed E-state index contributed by atoms with van der Waals surface area (Å²) in [5.74, 6) is 0.00615. The van der Waals surface area contributed by atoms with Crippen molar-refractivity contribution in [2.45, 2.75) is 26.4 Å². The van der Waals surface area contributed by atoms with Crippen molar-refractivity contribution in [1.29, 1.82) is 0 Å². The van der Waals surface area contributed by atoms with Gasteiger partial charge in [0.2, 0.25) is 0 Å². The molecule has 0 radical (unpaired) electrons. The molecular formula is C16H20ClN3O2. The molecule has 2 rings (SSSR count). The molecule has 22 heavy (non-hydrogen) atoms. The van der Waals surface area contributed by atoms with Gasteiger partial charge in [-0.25, -0.2) is 0 Å². The molecule has 0 saturated heterocycles. The highest BCUT2D eigenvalue weighted by atomic mass is 35.5. The molecule has 0 spiro atoms. The van der Waals surface area contributed by atoms with Crippen molar-refractivity contribution >= 4 is 17.5 Å². The Morgan fingerprint density at radius 2 is 2.23 bits per heavy atom. The molecule has 118 valence electrons. The van der Waals surface area contributed by atoms with Crippen LogP contribution in [0.25, 0.3) is 11.3 Å². The molecule has 5 nitrogen and oxygen atoms in total. The van der Waals surface area contributed by atoms with E-state index in [0.717, 1.165) is 5.56 Å². The zero-order chi connectivity index (χ0) is 16.1. The highest BCUT2D eigenvalue weighted by Crippen LogP contribution is 2.24. The monoisotopic (exact) mass is 321 g/mol. The van der Waals surface area contributed by atoms with Crippen molar-refractivity contribution in [2.75, 3.05) is 6.54 Å². The topological polar surface area (TPSA) is 78.0 Å². The number of amides is 1. The van der Waals surface area contributed by atoms with Gasteiger partial charge in [-0.3, -0.25) is 9.89 Å². The molecule has 1 amide bonds. The van der Waals surface area contributed by atoms with Crippen LogP contribution in [0.5, 0.6) is 0 Å². The average Bonchev–Trinajstić information content (AvgIpc) is 2.93. The number of aromatic nitrogens is 2. The predicted octanol–water partition coefficient (Wildman–Crippen LogP) is 2.87. The Labute approximate surface area is 134 Å². The number of rotatable bonds is 6. The molecule has 0 aliphatic rings. The van der Waals surface area contributed by atoms with Gasteiger partial charge in [-0.1, -0.05) is 30.7 Å². The van der Waals surface area contributed by atoms with Crippen LogP contribution >= 0.6 is 11.6 Å². The maximum Gasteiger partial charge on any atom is 0.255 e. The Kier molecular flexibility index (Phi) is 5.57. The van der Waals surface area contributed by atoms with E-state index in [0.29, 0.717) is 29.2 Å². The van der Waals surface area contributed by atoms with Crippen molar-refractivity contribution in [2.24, 2.45) is 5.92 Å². The number of nitrogens with one attached hydrogen (secondary N) is 2. The summed E-state index contributed by atoms with van der Waals surface area (Å²) in [6.07, 6.45) is 1.78. The third kappa shape index (κ3) is 4.32. The summed E-state index contributed by atoms with van der Waals surface area (Å²) >= 11 is 5.99. The second kappa shape index (κ2) is 7.42. The largest absolute Gasteiger partial charge is 0.393 e. The molecule has 0 aliphatic carbocycles. The second-order valence-corrected chi connectivity index (χ2v) is 6.01. The molecule has 0 saturated carbocycles. The number of hydrogen-bond acceptors (Lipinski definition) is 3. The lowest BCUT2D eigenvalue weighted by Gasteiger charge is -2.14. The molecule has 6 heteroatoms. The van der Waals surface area contributed by atoms with E-state index in [9.17, 15) is 9.90 Å². The van der Waals surface area contributed by atoms with Gasteiger partial charge in [-0.15, -0.1) is 0 Å². The lowest BCUT2D eigenvalue weighted by molar-refractivity contribution is 0.0940. The van der Waals surface area contributed by atoms with Crippen LogP contribution in [0, 0.1) is 5.92 Å². The number of carbonyl (C=O) groups excluding carboxylic acids is 1. The van der Waals surface area contributed by atoms with E-state index in [1.807, 2.05) is 19.1 Å². The highest BCUT2D eigenvalue weighted by Gasteiger charge is 2.16. The third-order valence-corrected chi connectivity index (χ3v) is 3.59. The minimum Gasteiger partial charge on any atom is -0.393 e. The number of carbonyl (C=O) groups is 1. The number of aromatic amines is 1. The Morgan fingerprint density at radius 3 is 2.91 bits per heavy atom. The minimum atomic E-state index is -0.372. The average molecular weight is 322 g/mol. The number of aliphatic hydroxyl groups is 1. The number of nitrogens with zero attached hydrogens (tertiary/aromatic N) is 1. The number of benzene rings is 1. The molecule has 0 aliphatic heterocycles. The molecular weight excluding hydrogens is 302 g/mol. The Morgan fingerprint density at radius 1 is 1.45 bits per heavy atom. The van der Waals surface area contributed by atoms with Crippen LogP contribution < -0.4 is 5.32 Å². The molecule has 1 aromatic heterocycles. The van der Waals surface area contributed by atoms with Gasteiger partial charge in [-0.05, 0) is 31.4 Å². The SMILES string of the molecule is CC(O)CC(C)CNC(=O)c1cn[nH]c1-c1cccc(Cl)c1. The maximum absolute atomic E-state index is 12.3. The molecule has 3 N–H and O–H groups in total. The lowest BCUT2D eigenvalue weighted by Crippen LogP contribution is -2.29. The summed E-state index contributed by atoms with van der Waals surface area (Å²) in [7, 11) is 0. The molecule has 2 aromatic rings. The van der Waals surface area contributed by atoms with Crippen molar-refractivity contribution < 1.29 is 9.90 Å². The van der Waals surface area contributed by atoms with Crippen molar-refractivity contribution in [3.8, 4) is 11.3 Å². The summed E-state index contributed by atoms with van der Waals surface area (Å²) in [4.78, 5) is 12.3. The summed E-state index contributed by atoms with van der Waals surface area (Å²) in [6, 6.07) is 7.25. The quantitative estimate of drug-likeness (QED) is 0.765. The van der Waals surface area contributed by atoms with E-state index < -0.39 is 0 Å². The maximum atomic E-state index is 12.3. The first-order chi connectivity index (χ1) is 10.5. The normalized spacial score (nSPS) is 13.6. The third-order valence-electron chi connectivity index (χ3n) is 3.35. The summed E-state index contributed by atoms with van der Waals surface area (Å²) in [5.41, 5.74) is 1.93. The molecule has 1 aromatic carbocycles. The second-order valence-electron chi connectivity index (χ2n) is 5.57. The zero-order valence-corrected chi connectivity index (χ0v) is 13.4. The fraction of sp³-hybridized carbons (Fsp3) is 0.375. The van der Waals surface area contributed by atoms with Crippen molar-refractivity contribution in [3.63, 3.8) is 0 Å². The van der Waals surface area contributed by atoms with Crippen molar-refractivity contribution in [1.82, 2.24) is 15.5 Å². The van der Waals surface area contributed by atoms with Crippen LogP contribution in [0.4, 0.5) is 0 Å². The van der Waals surface area contributed by atoms with E-state index in [1.54, 1.807) is 19.1 Å². The van der Waals surface area contributed by atoms with Gasteiger partial charge in [-0.2, -0.15) is 5.10 Å². The number of aliphatic hydroxyl groups excluding tert-OH is 1. The van der Waals surface area contributed by atoms with E-state index in [2.05, 4.69) is 15.5 Å². The Balaban J connectivity index is 2.07. The van der Waals surface area contributed by atoms with E-state index in [-0.39, 0.29) is 17.9 Å². The van der Waals surface area contributed by atoms with Crippen LogP contribution in [-0.4, -0.2) is 33.9 Å². The van der Waals surface area contributed by atoms with Gasteiger partial charge in [0.05, 0.1) is 23.6 Å². The van der Waals surface area contributed by atoms with Gasteiger partial charge in [0.25, 0.3) is 5.91 Å². The lowest BCUT2D eigenvalue weighted by atomic mass is 10.0. The Bertz CT molecular complexity index is 640. The molecule has 2 unspecified atom stereocenters. The number of H-pyrrole nitrogens is 1. The minimum absolute atomic E-state index is 0.193. The van der Waals surface area contributed by atoms with Gasteiger partial charge < -0.3 is 10.4 Å². The molecule has 0 fully saturated rings.